The van der Waals surface area contributed by atoms with E-state index < -0.39 is 14.8 Å². The van der Waals surface area contributed by atoms with Gasteiger partial charge in [-0.2, -0.15) is 0 Å². The fourth-order valence-electron chi connectivity index (χ4n) is 1.31. The Bertz CT molecular complexity index is 475. The second-order valence-corrected chi connectivity index (χ2v) is 7.37. The molecule has 0 fully saturated rings. The predicted octanol–water partition coefficient (Wildman–Crippen LogP) is 1.83. The first kappa shape index (κ1) is 12.8. The highest BCUT2D eigenvalue weighted by atomic mass is 32.2. The topological polar surface area (TPSA) is 63.4 Å². The molecule has 0 aromatic heterocycles. The van der Waals surface area contributed by atoms with E-state index in [4.69, 9.17) is 5.73 Å². The van der Waals surface area contributed by atoms with Gasteiger partial charge in [-0.05, 0) is 32.9 Å². The maximum absolute atomic E-state index is 12.2. The van der Waals surface area contributed by atoms with Crippen molar-refractivity contribution in [1.29, 1.82) is 0 Å². The van der Waals surface area contributed by atoms with E-state index in [0.717, 1.165) is 0 Å². The molecule has 0 heterocycles. The molecule has 1 aromatic rings. The van der Waals surface area contributed by atoms with Crippen molar-refractivity contribution in [3.05, 3.63) is 24.3 Å². The average Bonchev–Trinajstić information content (AvgIpc) is 2.15. The van der Waals surface area contributed by atoms with Crippen LogP contribution in [0.4, 0.5) is 11.4 Å². The second kappa shape index (κ2) is 3.97. The Balaban J connectivity index is 3.24. The number of rotatable bonds is 2. The molecule has 4 nitrogen and oxygen atoms in total. The Kier molecular flexibility index (Phi) is 3.19. The lowest BCUT2D eigenvalue weighted by Crippen LogP contribution is -2.41. The van der Waals surface area contributed by atoms with E-state index in [9.17, 15) is 8.42 Å². The summed E-state index contributed by atoms with van der Waals surface area (Å²) in [6.07, 6.45) is 0. The van der Waals surface area contributed by atoms with Gasteiger partial charge in [0.05, 0.1) is 16.1 Å². The van der Waals surface area contributed by atoms with Crippen LogP contribution >= 0.6 is 0 Å². The molecule has 0 saturated heterocycles. The highest BCUT2D eigenvalue weighted by molar-refractivity contribution is 7.94. The minimum Gasteiger partial charge on any atom is -0.397 e. The van der Waals surface area contributed by atoms with Crippen LogP contribution in [-0.4, -0.2) is 20.2 Å². The van der Waals surface area contributed by atoms with Crippen LogP contribution in [0.2, 0.25) is 0 Å². The molecule has 0 aliphatic carbocycles. The molecule has 2 N–H and O–H groups in total. The van der Waals surface area contributed by atoms with Crippen LogP contribution in [0.1, 0.15) is 20.8 Å². The zero-order valence-corrected chi connectivity index (χ0v) is 10.9. The van der Waals surface area contributed by atoms with Crippen LogP contribution in [0.3, 0.4) is 0 Å². The molecule has 0 unspecified atom stereocenters. The maximum Gasteiger partial charge on any atom is 0.239 e. The first-order valence-corrected chi connectivity index (χ1v) is 6.45. The first-order chi connectivity index (χ1) is 7.18. The third-order valence-corrected chi connectivity index (χ3v) is 4.88. The van der Waals surface area contributed by atoms with Gasteiger partial charge in [0.25, 0.3) is 0 Å². The number of benzene rings is 1. The van der Waals surface area contributed by atoms with E-state index in [2.05, 4.69) is 0 Å². The van der Waals surface area contributed by atoms with Crippen LogP contribution in [0, 0.1) is 0 Å². The van der Waals surface area contributed by atoms with Crippen LogP contribution < -0.4 is 10.0 Å². The van der Waals surface area contributed by atoms with Gasteiger partial charge in [-0.1, -0.05) is 12.1 Å². The van der Waals surface area contributed by atoms with E-state index in [1.807, 2.05) is 0 Å². The SMILES string of the molecule is CN(c1ccccc1N)S(=O)(=O)C(C)(C)C. The summed E-state index contributed by atoms with van der Waals surface area (Å²) in [5.41, 5.74) is 6.72. The normalized spacial score (nSPS) is 12.5. The van der Waals surface area contributed by atoms with Crippen molar-refractivity contribution in [2.75, 3.05) is 17.1 Å². The first-order valence-electron chi connectivity index (χ1n) is 5.01. The number of para-hydroxylation sites is 2. The van der Waals surface area contributed by atoms with Crippen LogP contribution in [0.15, 0.2) is 24.3 Å². The van der Waals surface area contributed by atoms with Gasteiger partial charge in [-0.25, -0.2) is 8.42 Å². The van der Waals surface area contributed by atoms with Gasteiger partial charge in [0.15, 0.2) is 0 Å². The smallest absolute Gasteiger partial charge is 0.239 e. The summed E-state index contributed by atoms with van der Waals surface area (Å²) in [4.78, 5) is 0. The summed E-state index contributed by atoms with van der Waals surface area (Å²) in [5.74, 6) is 0. The van der Waals surface area contributed by atoms with Crippen LogP contribution in [0.25, 0.3) is 0 Å². The highest BCUT2D eigenvalue weighted by Gasteiger charge is 2.33. The number of sulfonamides is 1. The Hall–Kier alpha value is -1.23. The predicted molar refractivity (Wildman–Crippen MR) is 67.9 cm³/mol. The van der Waals surface area contributed by atoms with E-state index >= 15 is 0 Å². The summed E-state index contributed by atoms with van der Waals surface area (Å²) in [6, 6.07) is 6.92. The average molecular weight is 242 g/mol. The number of nitrogen functional groups attached to an aromatic ring is 1. The van der Waals surface area contributed by atoms with Crippen molar-refractivity contribution in [1.82, 2.24) is 0 Å². The van der Waals surface area contributed by atoms with Crippen LogP contribution in [-0.2, 0) is 10.0 Å². The third kappa shape index (κ3) is 2.14. The Morgan fingerprint density at radius 1 is 1.19 bits per heavy atom. The highest BCUT2D eigenvalue weighted by Crippen LogP contribution is 2.28. The minimum absolute atomic E-state index is 0.456. The summed E-state index contributed by atoms with van der Waals surface area (Å²) in [6.45, 7) is 4.99. The number of nitrogens with two attached hydrogens (primary N) is 1. The number of hydrogen-bond donors (Lipinski definition) is 1. The van der Waals surface area contributed by atoms with Crippen molar-refractivity contribution in [3.63, 3.8) is 0 Å². The van der Waals surface area contributed by atoms with E-state index in [1.54, 1.807) is 45.0 Å². The lowest BCUT2D eigenvalue weighted by Gasteiger charge is -2.29. The molecule has 0 spiro atoms. The van der Waals surface area contributed by atoms with Crippen molar-refractivity contribution < 1.29 is 8.42 Å². The molecule has 16 heavy (non-hydrogen) atoms. The van der Waals surface area contributed by atoms with E-state index in [0.29, 0.717) is 11.4 Å². The molecule has 0 aliphatic heterocycles. The molecule has 0 radical (unpaired) electrons. The fourth-order valence-corrected chi connectivity index (χ4v) is 2.56. The van der Waals surface area contributed by atoms with Crippen molar-refractivity contribution in [2.24, 2.45) is 0 Å². The van der Waals surface area contributed by atoms with Gasteiger partial charge < -0.3 is 5.73 Å². The van der Waals surface area contributed by atoms with Crippen LogP contribution in [0.5, 0.6) is 0 Å². The standard InChI is InChI=1S/C11H18N2O2S/c1-11(2,3)16(14,15)13(4)10-8-6-5-7-9(10)12/h5-8H,12H2,1-4H3. The van der Waals surface area contributed by atoms with Gasteiger partial charge in [0, 0.05) is 7.05 Å². The lowest BCUT2D eigenvalue weighted by molar-refractivity contribution is 0.558. The molecular formula is C11H18N2O2S. The van der Waals surface area contributed by atoms with Gasteiger partial charge in [0.2, 0.25) is 10.0 Å². The van der Waals surface area contributed by atoms with Gasteiger partial charge in [0.1, 0.15) is 0 Å². The molecule has 0 bridgehead atoms. The molecular weight excluding hydrogens is 224 g/mol. The Morgan fingerprint density at radius 2 is 1.69 bits per heavy atom. The van der Waals surface area contributed by atoms with Gasteiger partial charge in [-0.15, -0.1) is 0 Å². The lowest BCUT2D eigenvalue weighted by atomic mass is 10.3. The largest absolute Gasteiger partial charge is 0.397 e. The van der Waals surface area contributed by atoms with E-state index in [-0.39, 0.29) is 0 Å². The molecule has 0 amide bonds. The fraction of sp³-hybridized carbons (Fsp3) is 0.455. The van der Waals surface area contributed by atoms with Gasteiger partial charge in [-0.3, -0.25) is 4.31 Å². The minimum atomic E-state index is -3.40. The maximum atomic E-state index is 12.2. The summed E-state index contributed by atoms with van der Waals surface area (Å²) in [7, 11) is -1.88. The second-order valence-electron chi connectivity index (χ2n) is 4.64. The van der Waals surface area contributed by atoms with Crippen molar-refractivity contribution in [2.45, 2.75) is 25.5 Å². The van der Waals surface area contributed by atoms with Gasteiger partial charge >= 0.3 is 0 Å². The molecule has 90 valence electrons. The third-order valence-electron chi connectivity index (χ3n) is 2.41. The Labute approximate surface area is 97.1 Å². The quantitative estimate of drug-likeness (QED) is 0.805. The summed E-state index contributed by atoms with van der Waals surface area (Å²) < 4.78 is 24.7. The molecule has 0 aliphatic rings. The molecule has 5 heteroatoms. The van der Waals surface area contributed by atoms with E-state index in [1.165, 1.54) is 11.4 Å². The number of hydrogen-bond acceptors (Lipinski definition) is 3. The number of nitrogens with zero attached hydrogens (tertiary/aromatic N) is 1. The molecule has 1 rings (SSSR count). The molecule has 0 atom stereocenters. The monoisotopic (exact) mass is 242 g/mol. The Morgan fingerprint density at radius 3 is 2.12 bits per heavy atom. The number of anilines is 2. The van der Waals surface area contributed by atoms with Crippen molar-refractivity contribution in [3.8, 4) is 0 Å². The summed E-state index contributed by atoms with van der Waals surface area (Å²) in [5, 5.41) is 0. The summed E-state index contributed by atoms with van der Waals surface area (Å²) >= 11 is 0. The molecule has 0 saturated carbocycles. The van der Waals surface area contributed by atoms with Crippen molar-refractivity contribution >= 4 is 21.4 Å². The molecule has 1 aromatic carbocycles. The zero-order valence-electron chi connectivity index (χ0n) is 10.1. The zero-order chi connectivity index (χ0) is 12.6.